The Labute approximate surface area is 169 Å². The van der Waals surface area contributed by atoms with Gasteiger partial charge in [-0.2, -0.15) is 13.2 Å². The Bertz CT molecular complexity index is 1010. The van der Waals surface area contributed by atoms with E-state index in [0.29, 0.717) is 11.5 Å². The molecule has 0 saturated carbocycles. The number of hydrogen-bond donors (Lipinski definition) is 2. The van der Waals surface area contributed by atoms with Gasteiger partial charge in [0, 0.05) is 30.3 Å². The molecule has 2 aromatic carbocycles. The third kappa shape index (κ3) is 5.35. The average Bonchev–Trinajstić information content (AvgIpc) is 2.67. The molecule has 29 heavy (non-hydrogen) atoms. The van der Waals surface area contributed by atoms with Crippen molar-refractivity contribution >= 4 is 40.5 Å². The number of amides is 2. The van der Waals surface area contributed by atoms with Crippen molar-refractivity contribution in [3.05, 3.63) is 71.6 Å². The lowest BCUT2D eigenvalue weighted by Crippen LogP contribution is -2.20. The second-order valence-corrected chi connectivity index (χ2v) is 6.29. The summed E-state index contributed by atoms with van der Waals surface area (Å²) in [6.07, 6.45) is -2.95. The molecule has 10 heteroatoms. The lowest BCUT2D eigenvalue weighted by atomic mass is 10.2. The minimum absolute atomic E-state index is 0.0364. The number of carbonyl (C=O) groups excluding carboxylic acids is 1. The fraction of sp³-hybridized carbons (Fsp3) is 0.105. The van der Waals surface area contributed by atoms with Gasteiger partial charge in [0.2, 0.25) is 5.28 Å². The largest absolute Gasteiger partial charge is 0.416 e. The van der Waals surface area contributed by atoms with E-state index in [1.807, 2.05) is 0 Å². The van der Waals surface area contributed by atoms with Crippen LogP contribution in [0.15, 0.2) is 60.8 Å². The second kappa shape index (κ2) is 8.36. The molecule has 0 unspecified atom stereocenters. The van der Waals surface area contributed by atoms with Crippen LogP contribution in [0.3, 0.4) is 0 Å². The van der Waals surface area contributed by atoms with Crippen LogP contribution in [0.5, 0.6) is 0 Å². The summed E-state index contributed by atoms with van der Waals surface area (Å²) in [4.78, 5) is 21.8. The molecule has 2 N–H and O–H groups in total. The van der Waals surface area contributed by atoms with Gasteiger partial charge in [0.25, 0.3) is 0 Å². The lowest BCUT2D eigenvalue weighted by Gasteiger charge is -2.18. The van der Waals surface area contributed by atoms with Gasteiger partial charge < -0.3 is 15.5 Å². The first-order valence-corrected chi connectivity index (χ1v) is 8.68. The Kier molecular flexibility index (Phi) is 5.88. The Morgan fingerprint density at radius 3 is 2.38 bits per heavy atom. The molecular formula is C19H15ClF3N5O. The summed E-state index contributed by atoms with van der Waals surface area (Å²) >= 11 is 5.79. The summed E-state index contributed by atoms with van der Waals surface area (Å²) in [5, 5.41) is 5.07. The van der Waals surface area contributed by atoms with Crippen LogP contribution >= 0.6 is 11.6 Å². The van der Waals surface area contributed by atoms with Crippen molar-refractivity contribution in [3.63, 3.8) is 0 Å². The monoisotopic (exact) mass is 421 g/mol. The van der Waals surface area contributed by atoms with Gasteiger partial charge in [-0.25, -0.2) is 14.8 Å². The first-order valence-electron chi connectivity index (χ1n) is 8.30. The summed E-state index contributed by atoms with van der Waals surface area (Å²) in [7, 11) is 1.79. The van der Waals surface area contributed by atoms with Crippen LogP contribution in [0.4, 0.5) is 40.8 Å². The fourth-order valence-corrected chi connectivity index (χ4v) is 2.62. The summed E-state index contributed by atoms with van der Waals surface area (Å²) in [5.74, 6) is 0.591. The molecule has 0 saturated heterocycles. The maximum atomic E-state index is 12.8. The molecule has 1 heterocycles. The maximum Gasteiger partial charge on any atom is 0.416 e. The smallest absolute Gasteiger partial charge is 0.329 e. The standard InChI is InChI=1S/C19H15ClF3N5O/c1-28(16-9-10-24-17(20)27-16)15-7-5-13(6-8-15)25-18(29)26-14-4-2-3-12(11-14)19(21,22)23/h2-11H,1H3,(H2,25,26,29). The van der Waals surface area contributed by atoms with Crippen molar-refractivity contribution in [2.45, 2.75) is 6.18 Å². The molecule has 0 aliphatic carbocycles. The number of rotatable bonds is 4. The van der Waals surface area contributed by atoms with Crippen molar-refractivity contribution in [2.75, 3.05) is 22.6 Å². The molecule has 0 radical (unpaired) electrons. The molecular weight excluding hydrogens is 407 g/mol. The van der Waals surface area contributed by atoms with E-state index in [1.165, 1.54) is 18.3 Å². The summed E-state index contributed by atoms with van der Waals surface area (Å²) in [6.45, 7) is 0. The molecule has 1 aromatic heterocycles. The zero-order valence-electron chi connectivity index (χ0n) is 15.0. The molecule has 0 aliphatic heterocycles. The highest BCUT2D eigenvalue weighted by Crippen LogP contribution is 2.30. The van der Waals surface area contributed by atoms with Crippen molar-refractivity contribution < 1.29 is 18.0 Å². The number of aromatic nitrogens is 2. The normalized spacial score (nSPS) is 11.1. The number of nitrogens with one attached hydrogen (secondary N) is 2. The van der Waals surface area contributed by atoms with Gasteiger partial charge >= 0.3 is 12.2 Å². The predicted molar refractivity (Wildman–Crippen MR) is 106 cm³/mol. The number of halogens is 4. The molecule has 0 spiro atoms. The van der Waals surface area contributed by atoms with Crippen LogP contribution < -0.4 is 15.5 Å². The minimum atomic E-state index is -4.48. The second-order valence-electron chi connectivity index (χ2n) is 5.95. The van der Waals surface area contributed by atoms with E-state index in [4.69, 9.17) is 11.6 Å². The van der Waals surface area contributed by atoms with E-state index in [2.05, 4.69) is 20.6 Å². The molecule has 3 rings (SSSR count). The molecule has 0 aliphatic rings. The summed E-state index contributed by atoms with van der Waals surface area (Å²) in [5.41, 5.74) is 0.442. The number of hydrogen-bond acceptors (Lipinski definition) is 4. The summed E-state index contributed by atoms with van der Waals surface area (Å²) < 4.78 is 38.3. The van der Waals surface area contributed by atoms with Crippen molar-refractivity contribution in [2.24, 2.45) is 0 Å². The van der Waals surface area contributed by atoms with E-state index in [1.54, 1.807) is 42.3 Å². The number of anilines is 4. The molecule has 6 nitrogen and oxygen atoms in total. The van der Waals surface area contributed by atoms with Crippen LogP contribution in [-0.4, -0.2) is 23.0 Å². The quantitative estimate of drug-likeness (QED) is 0.541. The van der Waals surface area contributed by atoms with Gasteiger partial charge in [0.15, 0.2) is 0 Å². The Balaban J connectivity index is 1.64. The minimum Gasteiger partial charge on any atom is -0.329 e. The van der Waals surface area contributed by atoms with E-state index in [-0.39, 0.29) is 11.0 Å². The Hall–Kier alpha value is -3.33. The van der Waals surface area contributed by atoms with Crippen LogP contribution in [0, 0.1) is 0 Å². The molecule has 3 aromatic rings. The number of benzene rings is 2. The third-order valence-corrected chi connectivity index (χ3v) is 4.10. The van der Waals surface area contributed by atoms with Crippen LogP contribution in [0.2, 0.25) is 5.28 Å². The zero-order valence-corrected chi connectivity index (χ0v) is 15.8. The summed E-state index contributed by atoms with van der Waals surface area (Å²) in [6, 6.07) is 12.2. The van der Waals surface area contributed by atoms with Gasteiger partial charge in [-0.05, 0) is 60.1 Å². The van der Waals surface area contributed by atoms with E-state index in [0.717, 1.165) is 17.8 Å². The number of urea groups is 1. The first kappa shape index (κ1) is 20.4. The molecule has 0 fully saturated rings. The molecule has 0 bridgehead atoms. The predicted octanol–water partition coefficient (Wildman–Crippen LogP) is 5.56. The fourth-order valence-electron chi connectivity index (χ4n) is 2.48. The van der Waals surface area contributed by atoms with E-state index >= 15 is 0 Å². The highest BCUT2D eigenvalue weighted by atomic mass is 35.5. The number of alkyl halides is 3. The maximum absolute atomic E-state index is 12.8. The number of carbonyl (C=O) groups is 1. The van der Waals surface area contributed by atoms with Crippen molar-refractivity contribution in [1.82, 2.24) is 9.97 Å². The van der Waals surface area contributed by atoms with Gasteiger partial charge in [0.05, 0.1) is 5.56 Å². The molecule has 150 valence electrons. The van der Waals surface area contributed by atoms with Crippen LogP contribution in [0.1, 0.15) is 5.56 Å². The number of nitrogens with zero attached hydrogens (tertiary/aromatic N) is 3. The van der Waals surface area contributed by atoms with Gasteiger partial charge in [-0.1, -0.05) is 6.07 Å². The Morgan fingerprint density at radius 1 is 1.03 bits per heavy atom. The van der Waals surface area contributed by atoms with Gasteiger partial charge in [-0.15, -0.1) is 0 Å². The highest BCUT2D eigenvalue weighted by molar-refractivity contribution is 6.28. The van der Waals surface area contributed by atoms with Gasteiger partial charge in [-0.3, -0.25) is 0 Å². The lowest BCUT2D eigenvalue weighted by molar-refractivity contribution is -0.137. The Morgan fingerprint density at radius 2 is 1.72 bits per heavy atom. The van der Waals surface area contributed by atoms with E-state index < -0.39 is 17.8 Å². The topological polar surface area (TPSA) is 70.2 Å². The first-order chi connectivity index (χ1) is 13.7. The van der Waals surface area contributed by atoms with E-state index in [9.17, 15) is 18.0 Å². The third-order valence-electron chi connectivity index (χ3n) is 3.92. The van der Waals surface area contributed by atoms with Crippen LogP contribution in [-0.2, 0) is 6.18 Å². The zero-order chi connectivity index (χ0) is 21.0. The van der Waals surface area contributed by atoms with Crippen molar-refractivity contribution in [3.8, 4) is 0 Å². The molecule has 2 amide bonds. The van der Waals surface area contributed by atoms with Gasteiger partial charge in [0.1, 0.15) is 5.82 Å². The van der Waals surface area contributed by atoms with Crippen LogP contribution in [0.25, 0.3) is 0 Å². The average molecular weight is 422 g/mol. The molecule has 0 atom stereocenters. The van der Waals surface area contributed by atoms with Crippen molar-refractivity contribution in [1.29, 1.82) is 0 Å². The SMILES string of the molecule is CN(c1ccc(NC(=O)Nc2cccc(C(F)(F)F)c2)cc1)c1ccnc(Cl)n1. The highest BCUT2D eigenvalue weighted by Gasteiger charge is 2.30.